The largest absolute Gasteiger partial charge is 0.493 e. The van der Waals surface area contributed by atoms with Gasteiger partial charge in [0.2, 0.25) is 0 Å². The molecule has 3 aromatic rings. The summed E-state index contributed by atoms with van der Waals surface area (Å²) in [6.45, 7) is 0.907. The standard InChI is InChI=1S/C21H21BrN2O3S2/c1-26-18-7-5-15(12-19(18)27-13-16-4-2-3-9-23-16)21(25)24-10-11-28-14-17-6-8-20(22)29-17/h2-9,12H,10-11,13-14H2,1H3,(H,24,25). The van der Waals surface area contributed by atoms with E-state index in [0.29, 0.717) is 30.2 Å². The third-order valence-electron chi connectivity index (χ3n) is 3.93. The summed E-state index contributed by atoms with van der Waals surface area (Å²) in [5.74, 6) is 2.76. The van der Waals surface area contributed by atoms with Gasteiger partial charge in [-0.15, -0.1) is 11.3 Å². The predicted octanol–water partition coefficient (Wildman–Crippen LogP) is 5.16. The molecule has 0 atom stereocenters. The van der Waals surface area contributed by atoms with Gasteiger partial charge >= 0.3 is 0 Å². The molecule has 0 spiro atoms. The first-order chi connectivity index (χ1) is 14.2. The van der Waals surface area contributed by atoms with Gasteiger partial charge in [-0.1, -0.05) is 6.07 Å². The number of ether oxygens (including phenoxy) is 2. The summed E-state index contributed by atoms with van der Waals surface area (Å²) in [6.07, 6.45) is 1.72. The lowest BCUT2D eigenvalue weighted by Crippen LogP contribution is -2.25. The van der Waals surface area contributed by atoms with E-state index in [1.54, 1.807) is 54.6 Å². The summed E-state index contributed by atoms with van der Waals surface area (Å²) < 4.78 is 12.3. The molecule has 8 heteroatoms. The second-order valence-corrected chi connectivity index (χ2v) is 9.64. The van der Waals surface area contributed by atoms with E-state index in [0.717, 1.165) is 21.0 Å². The van der Waals surface area contributed by atoms with Crippen molar-refractivity contribution in [3.63, 3.8) is 0 Å². The van der Waals surface area contributed by atoms with Crippen LogP contribution in [0.3, 0.4) is 0 Å². The maximum atomic E-state index is 12.5. The van der Waals surface area contributed by atoms with Crippen LogP contribution in [0.4, 0.5) is 0 Å². The molecule has 0 fully saturated rings. The fraction of sp³-hybridized carbons (Fsp3) is 0.238. The Morgan fingerprint density at radius 2 is 2.10 bits per heavy atom. The van der Waals surface area contributed by atoms with Crippen LogP contribution in [0.5, 0.6) is 11.5 Å². The molecule has 0 saturated carbocycles. The average molecular weight is 493 g/mol. The molecule has 1 aromatic carbocycles. The Kier molecular flexibility index (Phi) is 8.39. The second-order valence-electron chi connectivity index (χ2n) is 5.99. The van der Waals surface area contributed by atoms with E-state index in [2.05, 4.69) is 38.4 Å². The van der Waals surface area contributed by atoms with Crippen LogP contribution < -0.4 is 14.8 Å². The lowest BCUT2D eigenvalue weighted by atomic mass is 10.2. The zero-order chi connectivity index (χ0) is 20.5. The minimum atomic E-state index is -0.130. The highest BCUT2D eigenvalue weighted by Crippen LogP contribution is 2.29. The normalized spacial score (nSPS) is 10.6. The van der Waals surface area contributed by atoms with Gasteiger partial charge in [0.25, 0.3) is 5.91 Å². The van der Waals surface area contributed by atoms with Crippen molar-refractivity contribution < 1.29 is 14.3 Å². The van der Waals surface area contributed by atoms with Crippen molar-refractivity contribution in [2.45, 2.75) is 12.4 Å². The summed E-state index contributed by atoms with van der Waals surface area (Å²) in [5.41, 5.74) is 1.34. The lowest BCUT2D eigenvalue weighted by molar-refractivity contribution is 0.0955. The number of pyridine rings is 1. The van der Waals surface area contributed by atoms with Gasteiger partial charge in [-0.3, -0.25) is 9.78 Å². The van der Waals surface area contributed by atoms with Crippen LogP contribution in [-0.4, -0.2) is 30.3 Å². The molecule has 1 N–H and O–H groups in total. The topological polar surface area (TPSA) is 60.5 Å². The Balaban J connectivity index is 1.50. The minimum Gasteiger partial charge on any atom is -0.493 e. The summed E-state index contributed by atoms with van der Waals surface area (Å²) in [5, 5.41) is 2.95. The highest BCUT2D eigenvalue weighted by atomic mass is 79.9. The molecular weight excluding hydrogens is 472 g/mol. The smallest absolute Gasteiger partial charge is 0.251 e. The van der Waals surface area contributed by atoms with Crippen LogP contribution in [0.2, 0.25) is 0 Å². The number of aromatic nitrogens is 1. The highest BCUT2D eigenvalue weighted by Gasteiger charge is 2.11. The number of hydrogen-bond donors (Lipinski definition) is 1. The number of nitrogens with zero attached hydrogens (tertiary/aromatic N) is 1. The van der Waals surface area contributed by atoms with Crippen LogP contribution >= 0.6 is 39.0 Å². The molecule has 0 bridgehead atoms. The van der Waals surface area contributed by atoms with Crippen molar-refractivity contribution >= 4 is 44.9 Å². The van der Waals surface area contributed by atoms with Crippen molar-refractivity contribution in [1.29, 1.82) is 0 Å². The molecule has 29 heavy (non-hydrogen) atoms. The van der Waals surface area contributed by atoms with Crippen molar-refractivity contribution in [3.8, 4) is 11.5 Å². The first-order valence-corrected chi connectivity index (χ1v) is 11.7. The van der Waals surface area contributed by atoms with Gasteiger partial charge < -0.3 is 14.8 Å². The first kappa shape index (κ1) is 21.7. The van der Waals surface area contributed by atoms with Gasteiger partial charge in [0, 0.05) is 34.7 Å². The van der Waals surface area contributed by atoms with Crippen LogP contribution in [0.25, 0.3) is 0 Å². The number of methoxy groups -OCH3 is 1. The number of carbonyl (C=O) groups excluding carboxylic acids is 1. The SMILES string of the molecule is COc1ccc(C(=O)NCCSCc2ccc(Br)s2)cc1OCc1ccccn1. The average Bonchev–Trinajstić information content (AvgIpc) is 3.17. The van der Waals surface area contributed by atoms with E-state index in [1.165, 1.54) is 4.88 Å². The Morgan fingerprint density at radius 3 is 2.83 bits per heavy atom. The summed E-state index contributed by atoms with van der Waals surface area (Å²) >= 11 is 7.00. The van der Waals surface area contributed by atoms with Gasteiger partial charge in [-0.05, 0) is 58.4 Å². The first-order valence-electron chi connectivity index (χ1n) is 8.96. The molecule has 0 aliphatic heterocycles. The van der Waals surface area contributed by atoms with Gasteiger partial charge in [-0.25, -0.2) is 0 Å². The lowest BCUT2D eigenvalue weighted by Gasteiger charge is -2.12. The number of amides is 1. The second kappa shape index (κ2) is 11.2. The quantitative estimate of drug-likeness (QED) is 0.396. The van der Waals surface area contributed by atoms with E-state index in [9.17, 15) is 4.79 Å². The maximum absolute atomic E-state index is 12.5. The molecule has 152 valence electrons. The Labute approximate surface area is 187 Å². The van der Waals surface area contributed by atoms with Gasteiger partial charge in [0.05, 0.1) is 16.6 Å². The fourth-order valence-electron chi connectivity index (χ4n) is 2.51. The van der Waals surface area contributed by atoms with Gasteiger partial charge in [-0.2, -0.15) is 11.8 Å². The summed E-state index contributed by atoms with van der Waals surface area (Å²) in [4.78, 5) is 18.0. The van der Waals surface area contributed by atoms with Crippen LogP contribution in [0, 0.1) is 0 Å². The third-order valence-corrected chi connectivity index (χ3v) is 6.75. The number of rotatable bonds is 10. The van der Waals surface area contributed by atoms with Crippen molar-refractivity contribution in [1.82, 2.24) is 10.3 Å². The number of thiophene rings is 1. The molecule has 1 amide bonds. The molecule has 2 heterocycles. The van der Waals surface area contributed by atoms with Crippen molar-refractivity contribution in [2.24, 2.45) is 0 Å². The zero-order valence-electron chi connectivity index (χ0n) is 15.9. The number of carbonyl (C=O) groups is 1. The molecule has 5 nitrogen and oxygen atoms in total. The van der Waals surface area contributed by atoms with Gasteiger partial charge in [0.1, 0.15) is 6.61 Å². The maximum Gasteiger partial charge on any atom is 0.251 e. The molecule has 0 unspecified atom stereocenters. The molecular formula is C21H21BrN2O3S2. The summed E-state index contributed by atoms with van der Waals surface area (Å²) in [7, 11) is 1.58. The van der Waals surface area contributed by atoms with E-state index < -0.39 is 0 Å². The number of benzene rings is 1. The monoisotopic (exact) mass is 492 g/mol. The molecule has 2 aromatic heterocycles. The van der Waals surface area contributed by atoms with Crippen LogP contribution in [0.15, 0.2) is 58.5 Å². The molecule has 0 aliphatic carbocycles. The van der Waals surface area contributed by atoms with Gasteiger partial charge in [0.15, 0.2) is 11.5 Å². The van der Waals surface area contributed by atoms with E-state index in [1.807, 2.05) is 18.2 Å². The predicted molar refractivity (Wildman–Crippen MR) is 122 cm³/mol. The molecule has 0 aliphatic rings. The van der Waals surface area contributed by atoms with Crippen molar-refractivity contribution in [2.75, 3.05) is 19.4 Å². The van der Waals surface area contributed by atoms with E-state index in [4.69, 9.17) is 9.47 Å². The number of hydrogen-bond acceptors (Lipinski definition) is 6. The summed E-state index contributed by atoms with van der Waals surface area (Å²) in [6, 6.07) is 15.0. The minimum absolute atomic E-state index is 0.130. The highest BCUT2D eigenvalue weighted by molar-refractivity contribution is 9.11. The molecule has 0 radical (unpaired) electrons. The molecule has 3 rings (SSSR count). The van der Waals surface area contributed by atoms with Crippen molar-refractivity contribution in [3.05, 3.63) is 74.6 Å². The van der Waals surface area contributed by atoms with Crippen LogP contribution in [-0.2, 0) is 12.4 Å². The third kappa shape index (κ3) is 6.76. The van der Waals surface area contributed by atoms with E-state index >= 15 is 0 Å². The Bertz CT molecular complexity index is 935. The number of thioether (sulfide) groups is 1. The molecule has 0 saturated heterocycles. The van der Waals surface area contributed by atoms with Crippen LogP contribution in [0.1, 0.15) is 20.9 Å². The number of nitrogens with one attached hydrogen (secondary N) is 1. The Hall–Kier alpha value is -2.03. The zero-order valence-corrected chi connectivity index (χ0v) is 19.1. The number of halogens is 1. The fourth-order valence-corrected chi connectivity index (χ4v) is 4.96. The Morgan fingerprint density at radius 1 is 1.21 bits per heavy atom. The van der Waals surface area contributed by atoms with E-state index in [-0.39, 0.29) is 5.91 Å².